The molecule has 1 unspecified atom stereocenters. The first-order chi connectivity index (χ1) is 9.11. The van der Waals surface area contributed by atoms with E-state index in [1.165, 1.54) is 6.92 Å². The van der Waals surface area contributed by atoms with Gasteiger partial charge in [0.05, 0.1) is 6.54 Å². The van der Waals surface area contributed by atoms with Crippen LogP contribution in [0.4, 0.5) is 13.2 Å². The van der Waals surface area contributed by atoms with E-state index in [2.05, 4.69) is 10.2 Å². The topological polar surface area (TPSA) is 103 Å². The van der Waals surface area contributed by atoms with Crippen LogP contribution in [0.2, 0.25) is 0 Å². The van der Waals surface area contributed by atoms with Gasteiger partial charge in [-0.1, -0.05) is 0 Å². The zero-order valence-electron chi connectivity index (χ0n) is 10.8. The summed E-state index contributed by atoms with van der Waals surface area (Å²) in [5.74, 6) is -1.47. The van der Waals surface area contributed by atoms with Crippen molar-refractivity contribution in [3.05, 3.63) is 11.6 Å². The molecular weight excluding hydrogens is 277 g/mol. The first-order valence-corrected chi connectivity index (χ1v) is 5.91. The Bertz CT molecular complexity index is 524. The van der Waals surface area contributed by atoms with Crippen LogP contribution in [0.1, 0.15) is 18.6 Å². The molecule has 1 aliphatic rings. The molecule has 1 aromatic heterocycles. The van der Waals surface area contributed by atoms with E-state index in [4.69, 9.17) is 11.5 Å². The lowest BCUT2D eigenvalue weighted by atomic mass is 10.0. The predicted octanol–water partition coefficient (Wildman–Crippen LogP) is -0.685. The van der Waals surface area contributed by atoms with Gasteiger partial charge in [0.1, 0.15) is 11.4 Å². The Kier molecular flexibility index (Phi) is 3.46. The smallest absolute Gasteiger partial charge is 0.368 e. The Balaban J connectivity index is 2.13. The number of carbonyl (C=O) groups is 1. The number of aromatic nitrogens is 3. The third-order valence-corrected chi connectivity index (χ3v) is 3.20. The van der Waals surface area contributed by atoms with Gasteiger partial charge < -0.3 is 16.0 Å². The lowest BCUT2D eigenvalue weighted by molar-refractivity contribution is -0.148. The summed E-state index contributed by atoms with van der Waals surface area (Å²) < 4.78 is 39.0. The molecule has 0 saturated heterocycles. The molecule has 0 aromatic carbocycles. The zero-order valence-corrected chi connectivity index (χ0v) is 10.8. The normalized spacial score (nSPS) is 19.4. The highest BCUT2D eigenvalue weighted by molar-refractivity contribution is 5.84. The van der Waals surface area contributed by atoms with E-state index >= 15 is 0 Å². The highest BCUT2D eigenvalue weighted by Gasteiger charge is 2.40. The average molecular weight is 292 g/mol. The van der Waals surface area contributed by atoms with Crippen molar-refractivity contribution >= 4 is 5.91 Å². The van der Waals surface area contributed by atoms with Gasteiger partial charge in [-0.05, 0) is 6.92 Å². The van der Waals surface area contributed by atoms with Crippen molar-refractivity contribution in [2.24, 2.45) is 11.5 Å². The molecule has 1 aliphatic heterocycles. The number of halogens is 3. The molecule has 0 fully saturated rings. The molecule has 0 spiro atoms. The van der Waals surface area contributed by atoms with Crippen molar-refractivity contribution in [1.29, 1.82) is 0 Å². The molecule has 0 saturated carbocycles. The van der Waals surface area contributed by atoms with Crippen molar-refractivity contribution in [3.8, 4) is 0 Å². The minimum atomic E-state index is -4.52. The molecule has 1 amide bonds. The fourth-order valence-corrected chi connectivity index (χ4v) is 2.09. The Labute approximate surface area is 112 Å². The standard InChI is InChI=1S/C10H15F3N6O/c1-9(15,7(14)20)5-18-2-3-19-6(4-18)16-17-8(19)10(11,12)13/h2-5,15H2,1H3,(H2,14,20). The summed E-state index contributed by atoms with van der Waals surface area (Å²) in [5, 5.41) is 6.72. The summed E-state index contributed by atoms with van der Waals surface area (Å²) >= 11 is 0. The SMILES string of the molecule is CC(N)(CN1CCn2c(nnc2C(F)(F)F)C1)C(N)=O. The van der Waals surface area contributed by atoms with Crippen LogP contribution in [0, 0.1) is 0 Å². The summed E-state index contributed by atoms with van der Waals surface area (Å²) in [6.45, 7) is 2.18. The summed E-state index contributed by atoms with van der Waals surface area (Å²) in [6, 6.07) is 0. The van der Waals surface area contributed by atoms with Crippen molar-refractivity contribution < 1.29 is 18.0 Å². The Morgan fingerprint density at radius 2 is 2.00 bits per heavy atom. The predicted molar refractivity (Wildman–Crippen MR) is 62.1 cm³/mol. The van der Waals surface area contributed by atoms with Crippen molar-refractivity contribution in [2.45, 2.75) is 31.7 Å². The number of carbonyl (C=O) groups excluding carboxylic acids is 1. The first kappa shape index (κ1) is 14.7. The molecule has 20 heavy (non-hydrogen) atoms. The van der Waals surface area contributed by atoms with E-state index in [-0.39, 0.29) is 25.5 Å². The number of rotatable bonds is 3. The maximum atomic E-state index is 12.7. The fraction of sp³-hybridized carbons (Fsp3) is 0.700. The number of primary amides is 1. The fourth-order valence-electron chi connectivity index (χ4n) is 2.09. The minimum absolute atomic E-state index is 0.0893. The van der Waals surface area contributed by atoms with Crippen LogP contribution in [0.3, 0.4) is 0 Å². The summed E-state index contributed by atoms with van der Waals surface area (Å²) in [7, 11) is 0. The number of amides is 1. The van der Waals surface area contributed by atoms with Gasteiger partial charge in [0, 0.05) is 19.6 Å². The number of nitrogens with zero attached hydrogens (tertiary/aromatic N) is 4. The van der Waals surface area contributed by atoms with Crippen LogP contribution in [0.5, 0.6) is 0 Å². The molecule has 1 aromatic rings. The van der Waals surface area contributed by atoms with E-state index in [9.17, 15) is 18.0 Å². The molecule has 2 rings (SSSR count). The Morgan fingerprint density at radius 3 is 2.55 bits per heavy atom. The summed E-state index contributed by atoms with van der Waals surface area (Å²) in [4.78, 5) is 12.9. The molecular formula is C10H15F3N6O. The van der Waals surface area contributed by atoms with E-state index in [1.807, 2.05) is 0 Å². The van der Waals surface area contributed by atoms with Gasteiger partial charge in [-0.25, -0.2) is 0 Å². The van der Waals surface area contributed by atoms with Crippen molar-refractivity contribution in [1.82, 2.24) is 19.7 Å². The molecule has 10 heteroatoms. The Hall–Kier alpha value is -1.68. The maximum Gasteiger partial charge on any atom is 0.451 e. The lowest BCUT2D eigenvalue weighted by Crippen LogP contribution is -2.57. The largest absolute Gasteiger partial charge is 0.451 e. The van der Waals surface area contributed by atoms with Gasteiger partial charge >= 0.3 is 6.18 Å². The van der Waals surface area contributed by atoms with Gasteiger partial charge in [0.25, 0.3) is 0 Å². The molecule has 7 nitrogen and oxygen atoms in total. The van der Waals surface area contributed by atoms with E-state index in [0.29, 0.717) is 6.54 Å². The third kappa shape index (κ3) is 2.75. The van der Waals surface area contributed by atoms with Crippen LogP contribution >= 0.6 is 0 Å². The molecule has 1 atom stereocenters. The van der Waals surface area contributed by atoms with Crippen LogP contribution in [-0.4, -0.2) is 44.2 Å². The second-order valence-corrected chi connectivity index (χ2v) is 5.08. The van der Waals surface area contributed by atoms with Gasteiger partial charge in [-0.2, -0.15) is 13.2 Å². The van der Waals surface area contributed by atoms with Gasteiger partial charge in [0.2, 0.25) is 11.7 Å². The highest BCUT2D eigenvalue weighted by Crippen LogP contribution is 2.29. The van der Waals surface area contributed by atoms with Gasteiger partial charge in [-0.3, -0.25) is 9.69 Å². The molecule has 0 radical (unpaired) electrons. The lowest BCUT2D eigenvalue weighted by Gasteiger charge is -2.33. The quantitative estimate of drug-likeness (QED) is 0.768. The van der Waals surface area contributed by atoms with Gasteiger partial charge in [0.15, 0.2) is 0 Å². The first-order valence-electron chi connectivity index (χ1n) is 5.91. The monoisotopic (exact) mass is 292 g/mol. The van der Waals surface area contributed by atoms with Crippen LogP contribution in [-0.2, 0) is 24.1 Å². The second-order valence-electron chi connectivity index (χ2n) is 5.08. The van der Waals surface area contributed by atoms with Crippen LogP contribution in [0.15, 0.2) is 0 Å². The average Bonchev–Trinajstić information content (AvgIpc) is 2.70. The summed E-state index contributed by atoms with van der Waals surface area (Å²) in [5.41, 5.74) is 9.68. The molecule has 112 valence electrons. The van der Waals surface area contributed by atoms with E-state index in [0.717, 1.165) is 4.57 Å². The van der Waals surface area contributed by atoms with Gasteiger partial charge in [-0.15, -0.1) is 10.2 Å². The second kappa shape index (κ2) is 4.70. The number of hydrogen-bond donors (Lipinski definition) is 2. The molecule has 2 heterocycles. The third-order valence-electron chi connectivity index (χ3n) is 3.20. The van der Waals surface area contributed by atoms with Crippen LogP contribution in [0.25, 0.3) is 0 Å². The minimum Gasteiger partial charge on any atom is -0.368 e. The van der Waals surface area contributed by atoms with E-state index in [1.54, 1.807) is 4.90 Å². The number of fused-ring (bicyclic) bond motifs is 1. The maximum absolute atomic E-state index is 12.7. The van der Waals surface area contributed by atoms with Crippen molar-refractivity contribution in [3.63, 3.8) is 0 Å². The number of hydrogen-bond acceptors (Lipinski definition) is 5. The molecule has 4 N–H and O–H groups in total. The Morgan fingerprint density at radius 1 is 1.35 bits per heavy atom. The number of nitrogens with two attached hydrogens (primary N) is 2. The van der Waals surface area contributed by atoms with E-state index < -0.39 is 23.4 Å². The van der Waals surface area contributed by atoms with Crippen LogP contribution < -0.4 is 11.5 Å². The zero-order chi connectivity index (χ0) is 15.1. The summed E-state index contributed by atoms with van der Waals surface area (Å²) in [6.07, 6.45) is -4.52. The molecule has 0 bridgehead atoms. The number of alkyl halides is 3. The van der Waals surface area contributed by atoms with Crippen molar-refractivity contribution in [2.75, 3.05) is 13.1 Å². The highest BCUT2D eigenvalue weighted by atomic mass is 19.4. The molecule has 0 aliphatic carbocycles.